The first-order chi connectivity index (χ1) is 9.75. The quantitative estimate of drug-likeness (QED) is 0.308. The molecule has 8 heteroatoms. The summed E-state index contributed by atoms with van der Waals surface area (Å²) in [7, 11) is 0. The molecule has 6 N–H and O–H groups in total. The molecule has 1 heterocycles. The van der Waals surface area contributed by atoms with Crippen molar-refractivity contribution in [1.29, 1.82) is 0 Å². The number of carboxylic acids is 1. The van der Waals surface area contributed by atoms with Gasteiger partial charge in [-0.15, -0.1) is 0 Å². The van der Waals surface area contributed by atoms with Crippen molar-refractivity contribution < 1.29 is 25.2 Å². The van der Waals surface area contributed by atoms with Crippen LogP contribution in [0, 0.1) is 6.92 Å². The molecule has 8 nitrogen and oxygen atoms in total. The van der Waals surface area contributed by atoms with Gasteiger partial charge in [-0.2, -0.15) is 0 Å². The highest BCUT2D eigenvalue weighted by molar-refractivity contribution is 5.87. The van der Waals surface area contributed by atoms with Crippen LogP contribution in [0.4, 0.5) is 5.69 Å². The van der Waals surface area contributed by atoms with Gasteiger partial charge in [0.15, 0.2) is 11.5 Å². The van der Waals surface area contributed by atoms with E-state index in [0.29, 0.717) is 0 Å². The van der Waals surface area contributed by atoms with Gasteiger partial charge in [0.05, 0.1) is 5.56 Å². The predicted octanol–water partition coefficient (Wildman–Crippen LogP) is 0.543. The molecule has 0 aliphatic rings. The fourth-order valence-corrected chi connectivity index (χ4v) is 1.88. The zero-order valence-corrected chi connectivity index (χ0v) is 10.9. The second kappa shape index (κ2) is 4.75. The number of aromatic carboxylic acids is 1. The van der Waals surface area contributed by atoms with Gasteiger partial charge in [0.25, 0.3) is 5.56 Å². The van der Waals surface area contributed by atoms with Crippen LogP contribution < -0.4 is 11.3 Å². The van der Waals surface area contributed by atoms with Crippen LogP contribution in [0.2, 0.25) is 0 Å². The minimum absolute atomic E-state index is 0.0591. The van der Waals surface area contributed by atoms with Gasteiger partial charge in [-0.25, -0.2) is 4.79 Å². The first-order valence-electron chi connectivity index (χ1n) is 5.75. The number of rotatable bonds is 2. The molecule has 0 atom stereocenters. The van der Waals surface area contributed by atoms with E-state index in [1.807, 2.05) is 0 Å². The number of phenols is 3. The lowest BCUT2D eigenvalue weighted by molar-refractivity contribution is 0.0696. The summed E-state index contributed by atoms with van der Waals surface area (Å²) in [5.74, 6) is -3.17. The number of benzene rings is 1. The second-order valence-electron chi connectivity index (χ2n) is 4.36. The van der Waals surface area contributed by atoms with Crippen LogP contribution >= 0.6 is 0 Å². The number of nitrogens with two attached hydrogens (primary N) is 1. The monoisotopic (exact) mass is 292 g/mol. The van der Waals surface area contributed by atoms with Gasteiger partial charge in [0.1, 0.15) is 17.1 Å². The number of carboxylic acid groups (broad SMARTS) is 1. The summed E-state index contributed by atoms with van der Waals surface area (Å²) in [5.41, 5.74) is 3.93. The van der Waals surface area contributed by atoms with E-state index in [9.17, 15) is 24.9 Å². The van der Waals surface area contributed by atoms with Gasteiger partial charge in [-0.05, 0) is 13.0 Å². The van der Waals surface area contributed by atoms with Crippen LogP contribution in [-0.2, 0) is 0 Å². The topological polar surface area (TPSA) is 146 Å². The van der Waals surface area contributed by atoms with Crippen molar-refractivity contribution >= 4 is 11.7 Å². The van der Waals surface area contributed by atoms with Crippen LogP contribution in [-0.4, -0.2) is 31.0 Å². The molecule has 2 aromatic rings. The Kier molecular flexibility index (Phi) is 3.22. The SMILES string of the molecule is Cc1c(O)c(N)c(-n2cc(C(=O)O)ccc2=O)c(O)c1O. The molecule has 0 aliphatic carbocycles. The third kappa shape index (κ3) is 2.12. The van der Waals surface area contributed by atoms with E-state index in [0.717, 1.165) is 22.9 Å². The number of aromatic nitrogens is 1. The van der Waals surface area contributed by atoms with E-state index < -0.39 is 28.8 Å². The molecule has 0 aliphatic heterocycles. The second-order valence-corrected chi connectivity index (χ2v) is 4.36. The van der Waals surface area contributed by atoms with Crippen molar-refractivity contribution in [2.45, 2.75) is 6.92 Å². The fourth-order valence-electron chi connectivity index (χ4n) is 1.88. The van der Waals surface area contributed by atoms with Gasteiger partial charge >= 0.3 is 5.97 Å². The zero-order valence-electron chi connectivity index (χ0n) is 10.9. The molecule has 0 fully saturated rings. The van der Waals surface area contributed by atoms with Crippen molar-refractivity contribution in [3.05, 3.63) is 39.8 Å². The van der Waals surface area contributed by atoms with Gasteiger partial charge < -0.3 is 26.2 Å². The summed E-state index contributed by atoms with van der Waals surface area (Å²) in [6.07, 6.45) is 0.935. The summed E-state index contributed by atoms with van der Waals surface area (Å²) >= 11 is 0. The average molecular weight is 292 g/mol. The largest absolute Gasteiger partial charge is 0.505 e. The number of nitrogens with zero attached hydrogens (tertiary/aromatic N) is 1. The molecule has 0 unspecified atom stereocenters. The molecule has 0 saturated carbocycles. The summed E-state index contributed by atoms with van der Waals surface area (Å²) in [4.78, 5) is 22.8. The Balaban J connectivity index is 2.88. The fraction of sp³-hybridized carbons (Fsp3) is 0.0769. The first-order valence-corrected chi connectivity index (χ1v) is 5.75. The highest BCUT2D eigenvalue weighted by Crippen LogP contribution is 2.45. The third-order valence-electron chi connectivity index (χ3n) is 3.07. The molecular formula is C13H12N2O6. The van der Waals surface area contributed by atoms with Crippen LogP contribution in [0.15, 0.2) is 23.1 Å². The third-order valence-corrected chi connectivity index (χ3v) is 3.07. The molecular weight excluding hydrogens is 280 g/mol. The molecule has 110 valence electrons. The molecule has 0 amide bonds. The van der Waals surface area contributed by atoms with Crippen molar-refractivity contribution in [2.24, 2.45) is 0 Å². The Morgan fingerprint density at radius 3 is 2.33 bits per heavy atom. The minimum atomic E-state index is -1.29. The van der Waals surface area contributed by atoms with Crippen LogP contribution in [0.3, 0.4) is 0 Å². The number of pyridine rings is 1. The maximum Gasteiger partial charge on any atom is 0.337 e. The van der Waals surface area contributed by atoms with E-state index >= 15 is 0 Å². The maximum absolute atomic E-state index is 11.8. The zero-order chi connectivity index (χ0) is 15.9. The van der Waals surface area contributed by atoms with E-state index in [2.05, 4.69) is 0 Å². The average Bonchev–Trinajstić information content (AvgIpc) is 2.45. The van der Waals surface area contributed by atoms with Crippen molar-refractivity contribution in [3.8, 4) is 22.9 Å². The Morgan fingerprint density at radius 2 is 1.76 bits per heavy atom. The van der Waals surface area contributed by atoms with E-state index in [1.165, 1.54) is 6.92 Å². The van der Waals surface area contributed by atoms with Crippen molar-refractivity contribution in [2.75, 3.05) is 5.73 Å². The summed E-state index contributed by atoms with van der Waals surface area (Å²) < 4.78 is 0.743. The number of hydrogen-bond donors (Lipinski definition) is 5. The number of nitrogen functional groups attached to an aromatic ring is 1. The number of anilines is 1. The lowest BCUT2D eigenvalue weighted by atomic mass is 10.1. The molecule has 0 bridgehead atoms. The van der Waals surface area contributed by atoms with Gasteiger partial charge in [-0.3, -0.25) is 9.36 Å². The molecule has 0 radical (unpaired) electrons. The molecule has 1 aromatic heterocycles. The van der Waals surface area contributed by atoms with Gasteiger partial charge in [0, 0.05) is 17.8 Å². The lowest BCUT2D eigenvalue weighted by Crippen LogP contribution is -2.20. The Morgan fingerprint density at radius 1 is 1.14 bits per heavy atom. The van der Waals surface area contributed by atoms with Crippen molar-refractivity contribution in [1.82, 2.24) is 4.57 Å². The van der Waals surface area contributed by atoms with Crippen LogP contribution in [0.1, 0.15) is 15.9 Å². The maximum atomic E-state index is 11.8. The molecule has 0 spiro atoms. The normalized spacial score (nSPS) is 10.5. The number of aromatic hydroxyl groups is 3. The van der Waals surface area contributed by atoms with Gasteiger partial charge in [0.2, 0.25) is 0 Å². The van der Waals surface area contributed by atoms with E-state index in [1.54, 1.807) is 0 Å². The Hall–Kier alpha value is -3.16. The minimum Gasteiger partial charge on any atom is -0.505 e. The molecule has 21 heavy (non-hydrogen) atoms. The predicted molar refractivity (Wildman–Crippen MR) is 73.1 cm³/mol. The van der Waals surface area contributed by atoms with E-state index in [4.69, 9.17) is 10.8 Å². The number of carbonyl (C=O) groups is 1. The van der Waals surface area contributed by atoms with Crippen LogP contribution in [0.5, 0.6) is 17.2 Å². The standard InChI is InChI=1S/C13H12N2O6/c1-5-10(17)8(14)9(12(19)11(5)18)15-4-6(13(20)21)2-3-7(15)16/h2-4,17-19H,14H2,1H3,(H,20,21). The van der Waals surface area contributed by atoms with E-state index in [-0.39, 0.29) is 22.5 Å². The molecule has 0 saturated heterocycles. The Labute approximate surface area is 117 Å². The summed E-state index contributed by atoms with van der Waals surface area (Å²) in [6.45, 7) is 1.32. The number of hydrogen-bond acceptors (Lipinski definition) is 6. The van der Waals surface area contributed by atoms with Gasteiger partial charge in [-0.1, -0.05) is 0 Å². The lowest BCUT2D eigenvalue weighted by Gasteiger charge is -2.16. The summed E-state index contributed by atoms with van der Waals surface area (Å²) in [6, 6.07) is 2.05. The van der Waals surface area contributed by atoms with Crippen LogP contribution in [0.25, 0.3) is 5.69 Å². The number of phenolic OH excluding ortho intramolecular Hbond substituents is 3. The summed E-state index contributed by atoms with van der Waals surface area (Å²) in [5, 5.41) is 38.4. The first kappa shape index (κ1) is 14.3. The highest BCUT2D eigenvalue weighted by Gasteiger charge is 2.22. The Bertz CT molecular complexity index is 780. The molecule has 2 rings (SSSR count). The smallest absolute Gasteiger partial charge is 0.337 e. The van der Waals surface area contributed by atoms with Crippen molar-refractivity contribution in [3.63, 3.8) is 0 Å². The molecule has 1 aromatic carbocycles. The highest BCUT2D eigenvalue weighted by atomic mass is 16.4.